The zero-order valence-electron chi connectivity index (χ0n) is 6.60. The Kier molecular flexibility index (Phi) is 3.04. The zero-order valence-corrected chi connectivity index (χ0v) is 6.60. The molecule has 1 unspecified atom stereocenters. The SMILES string of the molecule is O=CC1CN(C(=O)O)CCCO1. The van der Waals surface area contributed by atoms with Crippen LogP contribution in [0.3, 0.4) is 0 Å². The van der Waals surface area contributed by atoms with Gasteiger partial charge in [-0.1, -0.05) is 0 Å². The molecule has 68 valence electrons. The second-order valence-electron chi connectivity index (χ2n) is 2.63. The van der Waals surface area contributed by atoms with Crippen molar-refractivity contribution in [3.63, 3.8) is 0 Å². The van der Waals surface area contributed by atoms with E-state index in [4.69, 9.17) is 9.84 Å². The number of hydrogen-bond acceptors (Lipinski definition) is 3. The number of hydrogen-bond donors (Lipinski definition) is 1. The van der Waals surface area contributed by atoms with Gasteiger partial charge in [-0.25, -0.2) is 4.79 Å². The molecular weight excluding hydrogens is 162 g/mol. The summed E-state index contributed by atoms with van der Waals surface area (Å²) in [5.74, 6) is 0. The topological polar surface area (TPSA) is 66.8 Å². The van der Waals surface area contributed by atoms with Gasteiger partial charge in [-0.2, -0.15) is 0 Å². The lowest BCUT2D eigenvalue weighted by atomic mass is 10.3. The van der Waals surface area contributed by atoms with Gasteiger partial charge in [0.25, 0.3) is 0 Å². The van der Waals surface area contributed by atoms with Crippen molar-refractivity contribution in [1.82, 2.24) is 4.90 Å². The fourth-order valence-corrected chi connectivity index (χ4v) is 1.11. The van der Waals surface area contributed by atoms with Crippen molar-refractivity contribution >= 4 is 12.4 Å². The van der Waals surface area contributed by atoms with Gasteiger partial charge in [-0.3, -0.25) is 0 Å². The summed E-state index contributed by atoms with van der Waals surface area (Å²) in [5, 5.41) is 8.63. The van der Waals surface area contributed by atoms with Crippen LogP contribution in [0.1, 0.15) is 6.42 Å². The van der Waals surface area contributed by atoms with Crippen LogP contribution in [0.5, 0.6) is 0 Å². The number of nitrogens with zero attached hydrogens (tertiary/aromatic N) is 1. The second-order valence-corrected chi connectivity index (χ2v) is 2.63. The van der Waals surface area contributed by atoms with E-state index in [9.17, 15) is 9.59 Å². The highest BCUT2D eigenvalue weighted by molar-refractivity contribution is 5.66. The molecule has 1 aliphatic rings. The molecular formula is C7H11NO4. The van der Waals surface area contributed by atoms with Gasteiger partial charge >= 0.3 is 6.09 Å². The van der Waals surface area contributed by atoms with Crippen LogP contribution >= 0.6 is 0 Å². The van der Waals surface area contributed by atoms with Crippen LogP contribution in [0.15, 0.2) is 0 Å². The average molecular weight is 173 g/mol. The maximum absolute atomic E-state index is 10.5. The number of carbonyl (C=O) groups excluding carboxylic acids is 1. The highest BCUT2D eigenvalue weighted by Gasteiger charge is 2.20. The summed E-state index contributed by atoms with van der Waals surface area (Å²) in [6.07, 6.45) is -0.298. The van der Waals surface area contributed by atoms with E-state index in [-0.39, 0.29) is 6.54 Å². The minimum Gasteiger partial charge on any atom is -0.465 e. The van der Waals surface area contributed by atoms with Crippen molar-refractivity contribution < 1.29 is 19.4 Å². The highest BCUT2D eigenvalue weighted by atomic mass is 16.5. The van der Waals surface area contributed by atoms with Gasteiger partial charge in [-0.05, 0) is 6.42 Å². The number of aldehydes is 1. The minimum absolute atomic E-state index is 0.152. The zero-order chi connectivity index (χ0) is 8.97. The maximum atomic E-state index is 10.5. The molecule has 0 aromatic carbocycles. The summed E-state index contributed by atoms with van der Waals surface area (Å²) < 4.78 is 5.06. The Morgan fingerprint density at radius 2 is 2.42 bits per heavy atom. The van der Waals surface area contributed by atoms with E-state index < -0.39 is 12.2 Å². The monoisotopic (exact) mass is 173 g/mol. The Morgan fingerprint density at radius 1 is 1.67 bits per heavy atom. The Balaban J connectivity index is 2.52. The lowest BCUT2D eigenvalue weighted by Gasteiger charge is -2.17. The number of rotatable bonds is 1. The molecule has 1 aliphatic heterocycles. The molecule has 0 bridgehead atoms. The number of carboxylic acid groups (broad SMARTS) is 1. The fraction of sp³-hybridized carbons (Fsp3) is 0.714. The molecule has 5 nitrogen and oxygen atoms in total. The van der Waals surface area contributed by atoms with Crippen molar-refractivity contribution in [2.45, 2.75) is 12.5 Å². The predicted octanol–water partition coefficient (Wildman–Crippen LogP) is -0.0458. The molecule has 5 heteroatoms. The molecule has 1 amide bonds. The van der Waals surface area contributed by atoms with Gasteiger partial charge in [0.1, 0.15) is 6.10 Å². The summed E-state index contributed by atoms with van der Waals surface area (Å²) >= 11 is 0. The molecule has 0 aromatic rings. The molecule has 1 N–H and O–H groups in total. The Morgan fingerprint density at radius 3 is 3.00 bits per heavy atom. The summed E-state index contributed by atoms with van der Waals surface area (Å²) in [6, 6.07) is 0. The van der Waals surface area contributed by atoms with Crippen LogP contribution in [-0.4, -0.2) is 48.2 Å². The normalized spacial score (nSPS) is 24.7. The van der Waals surface area contributed by atoms with E-state index in [0.29, 0.717) is 25.9 Å². The lowest BCUT2D eigenvalue weighted by molar-refractivity contribution is -0.117. The molecule has 1 fully saturated rings. The predicted molar refractivity (Wildman–Crippen MR) is 40.0 cm³/mol. The third kappa shape index (κ3) is 2.20. The first kappa shape index (κ1) is 8.99. The molecule has 1 saturated heterocycles. The average Bonchev–Trinajstić information content (AvgIpc) is 2.28. The van der Waals surface area contributed by atoms with Gasteiger partial charge in [0, 0.05) is 13.2 Å². The molecule has 1 rings (SSSR count). The first-order chi connectivity index (χ1) is 5.74. The molecule has 1 heterocycles. The maximum Gasteiger partial charge on any atom is 0.407 e. The van der Waals surface area contributed by atoms with Crippen LogP contribution in [-0.2, 0) is 9.53 Å². The van der Waals surface area contributed by atoms with Gasteiger partial charge < -0.3 is 19.5 Å². The molecule has 1 atom stereocenters. The van der Waals surface area contributed by atoms with E-state index in [1.54, 1.807) is 0 Å². The van der Waals surface area contributed by atoms with Gasteiger partial charge in [0.2, 0.25) is 0 Å². The van der Waals surface area contributed by atoms with Gasteiger partial charge in [0.05, 0.1) is 6.54 Å². The quantitative estimate of drug-likeness (QED) is 0.565. The van der Waals surface area contributed by atoms with Crippen LogP contribution < -0.4 is 0 Å². The summed E-state index contributed by atoms with van der Waals surface area (Å²) in [4.78, 5) is 22.1. The molecule has 0 aromatic heterocycles. The summed E-state index contributed by atoms with van der Waals surface area (Å²) in [5.41, 5.74) is 0. The summed E-state index contributed by atoms with van der Waals surface area (Å²) in [7, 11) is 0. The van der Waals surface area contributed by atoms with E-state index in [0.717, 1.165) is 0 Å². The van der Waals surface area contributed by atoms with E-state index in [1.807, 2.05) is 0 Å². The second kappa shape index (κ2) is 4.06. The smallest absolute Gasteiger partial charge is 0.407 e. The van der Waals surface area contributed by atoms with Crippen molar-refractivity contribution in [3.05, 3.63) is 0 Å². The molecule has 0 radical (unpaired) electrons. The first-order valence-electron chi connectivity index (χ1n) is 3.79. The summed E-state index contributed by atoms with van der Waals surface area (Å²) in [6.45, 7) is 1.05. The Bertz CT molecular complexity index is 182. The number of carbonyl (C=O) groups is 2. The van der Waals surface area contributed by atoms with Gasteiger partial charge in [0.15, 0.2) is 6.29 Å². The van der Waals surface area contributed by atoms with Crippen LogP contribution in [0.4, 0.5) is 4.79 Å². The highest BCUT2D eigenvalue weighted by Crippen LogP contribution is 2.03. The van der Waals surface area contributed by atoms with Crippen LogP contribution in [0, 0.1) is 0 Å². The largest absolute Gasteiger partial charge is 0.465 e. The van der Waals surface area contributed by atoms with Gasteiger partial charge in [-0.15, -0.1) is 0 Å². The molecule has 0 saturated carbocycles. The Labute approximate surface area is 69.9 Å². The fourth-order valence-electron chi connectivity index (χ4n) is 1.11. The van der Waals surface area contributed by atoms with E-state index >= 15 is 0 Å². The van der Waals surface area contributed by atoms with Crippen molar-refractivity contribution in [2.24, 2.45) is 0 Å². The number of ether oxygens (including phenoxy) is 1. The Hall–Kier alpha value is -1.10. The van der Waals surface area contributed by atoms with Crippen LogP contribution in [0.25, 0.3) is 0 Å². The third-order valence-corrected chi connectivity index (χ3v) is 1.73. The molecule has 0 spiro atoms. The number of amides is 1. The lowest BCUT2D eigenvalue weighted by Crippen LogP contribution is -2.36. The van der Waals surface area contributed by atoms with Crippen molar-refractivity contribution in [2.75, 3.05) is 19.7 Å². The van der Waals surface area contributed by atoms with Crippen molar-refractivity contribution in [3.8, 4) is 0 Å². The van der Waals surface area contributed by atoms with Crippen molar-refractivity contribution in [1.29, 1.82) is 0 Å². The standard InChI is InChI=1S/C7H11NO4/c9-5-6-4-8(7(10)11)2-1-3-12-6/h5-6H,1-4H2,(H,10,11). The molecule has 12 heavy (non-hydrogen) atoms. The first-order valence-corrected chi connectivity index (χ1v) is 3.79. The van der Waals surface area contributed by atoms with E-state index in [1.165, 1.54) is 4.90 Å². The third-order valence-electron chi connectivity index (χ3n) is 1.73. The van der Waals surface area contributed by atoms with Crippen LogP contribution in [0.2, 0.25) is 0 Å². The molecule has 0 aliphatic carbocycles. The van der Waals surface area contributed by atoms with E-state index in [2.05, 4.69) is 0 Å². The minimum atomic E-state index is -0.993.